The molecular formula is C23H27FN6O. The fourth-order valence-corrected chi connectivity index (χ4v) is 3.93. The van der Waals surface area contributed by atoms with Crippen molar-refractivity contribution >= 4 is 17.3 Å². The van der Waals surface area contributed by atoms with E-state index in [1.807, 2.05) is 24.0 Å². The molecule has 0 unspecified atom stereocenters. The van der Waals surface area contributed by atoms with Gasteiger partial charge in [0.2, 0.25) is 0 Å². The minimum Gasteiger partial charge on any atom is -0.367 e. The summed E-state index contributed by atoms with van der Waals surface area (Å²) in [5, 5.41) is 2.83. The highest BCUT2D eigenvalue weighted by atomic mass is 19.1. The van der Waals surface area contributed by atoms with Crippen molar-refractivity contribution in [1.82, 2.24) is 15.0 Å². The van der Waals surface area contributed by atoms with E-state index in [4.69, 9.17) is 5.73 Å². The standard InChI is InChI=1S/C23H27FN6O/c1-2-17-12-16(6-9-26-17)20-14-27-22(28-20)23(31)29-19-5-3-4-18(24)21(19)30-10-7-15(13-25)8-11-30/h3-6,9,12,14-15H,2,7-8,10-11,13,25H2,1H3,(H,27,28)(H,29,31). The van der Waals surface area contributed by atoms with Gasteiger partial charge in [0, 0.05) is 30.5 Å². The van der Waals surface area contributed by atoms with Crippen molar-refractivity contribution in [3.05, 3.63) is 60.1 Å². The number of carbonyl (C=O) groups excluding carboxylic acids is 1. The number of imidazole rings is 1. The summed E-state index contributed by atoms with van der Waals surface area (Å²) in [6.45, 7) is 4.09. The van der Waals surface area contributed by atoms with E-state index in [1.54, 1.807) is 24.5 Å². The van der Waals surface area contributed by atoms with Crippen LogP contribution in [0.4, 0.5) is 15.8 Å². The van der Waals surface area contributed by atoms with Crippen molar-refractivity contribution in [3.8, 4) is 11.3 Å². The number of benzene rings is 1. The fourth-order valence-electron chi connectivity index (χ4n) is 3.93. The first-order chi connectivity index (χ1) is 15.1. The lowest BCUT2D eigenvalue weighted by molar-refractivity contribution is 0.101. The smallest absolute Gasteiger partial charge is 0.291 e. The van der Waals surface area contributed by atoms with Crippen LogP contribution in [0.3, 0.4) is 0 Å². The molecule has 1 fully saturated rings. The monoisotopic (exact) mass is 422 g/mol. The molecular weight excluding hydrogens is 395 g/mol. The van der Waals surface area contributed by atoms with Gasteiger partial charge in [-0.15, -0.1) is 0 Å². The Morgan fingerprint density at radius 3 is 2.84 bits per heavy atom. The number of para-hydroxylation sites is 1. The minimum atomic E-state index is -0.417. The van der Waals surface area contributed by atoms with E-state index >= 15 is 0 Å². The predicted molar refractivity (Wildman–Crippen MR) is 120 cm³/mol. The zero-order chi connectivity index (χ0) is 21.8. The fraction of sp³-hybridized carbons (Fsp3) is 0.348. The third-order valence-corrected chi connectivity index (χ3v) is 5.78. The predicted octanol–water partition coefficient (Wildman–Crippen LogP) is 3.60. The normalized spacial score (nSPS) is 14.6. The summed E-state index contributed by atoms with van der Waals surface area (Å²) >= 11 is 0. The van der Waals surface area contributed by atoms with E-state index in [-0.39, 0.29) is 11.6 Å². The maximum absolute atomic E-state index is 14.7. The average Bonchev–Trinajstić information content (AvgIpc) is 3.30. The lowest BCUT2D eigenvalue weighted by Crippen LogP contribution is -2.37. The van der Waals surface area contributed by atoms with E-state index in [1.165, 1.54) is 6.07 Å². The Morgan fingerprint density at radius 1 is 1.29 bits per heavy atom. The molecule has 4 rings (SSSR count). The number of aryl methyl sites for hydroxylation is 1. The quantitative estimate of drug-likeness (QED) is 0.564. The maximum atomic E-state index is 14.7. The first-order valence-electron chi connectivity index (χ1n) is 10.6. The van der Waals surface area contributed by atoms with Crippen LogP contribution in [0, 0.1) is 11.7 Å². The highest BCUT2D eigenvalue weighted by Gasteiger charge is 2.24. The zero-order valence-corrected chi connectivity index (χ0v) is 17.6. The number of nitrogens with two attached hydrogens (primary N) is 1. The molecule has 1 aromatic carbocycles. The zero-order valence-electron chi connectivity index (χ0n) is 17.6. The molecule has 1 aliphatic rings. The second-order valence-electron chi connectivity index (χ2n) is 7.79. The Morgan fingerprint density at radius 2 is 2.10 bits per heavy atom. The molecule has 1 saturated heterocycles. The van der Waals surface area contributed by atoms with Gasteiger partial charge in [-0.05, 0) is 56.0 Å². The van der Waals surface area contributed by atoms with E-state index in [0.29, 0.717) is 36.9 Å². The average molecular weight is 423 g/mol. The van der Waals surface area contributed by atoms with Crippen molar-refractivity contribution in [1.29, 1.82) is 0 Å². The van der Waals surface area contributed by atoms with Crippen LogP contribution in [-0.4, -0.2) is 40.5 Å². The molecule has 7 nitrogen and oxygen atoms in total. The van der Waals surface area contributed by atoms with Crippen molar-refractivity contribution < 1.29 is 9.18 Å². The number of hydrogen-bond acceptors (Lipinski definition) is 5. The molecule has 1 aliphatic heterocycles. The van der Waals surface area contributed by atoms with Crippen molar-refractivity contribution in [2.75, 3.05) is 29.9 Å². The number of aromatic nitrogens is 3. The van der Waals surface area contributed by atoms with Crippen molar-refractivity contribution in [2.24, 2.45) is 11.7 Å². The Balaban J connectivity index is 1.53. The van der Waals surface area contributed by atoms with Gasteiger partial charge in [-0.2, -0.15) is 0 Å². The molecule has 0 radical (unpaired) electrons. The summed E-state index contributed by atoms with van der Waals surface area (Å²) in [6.07, 6.45) is 5.99. The van der Waals surface area contributed by atoms with Crippen LogP contribution in [0.15, 0.2) is 42.7 Å². The van der Waals surface area contributed by atoms with E-state index in [9.17, 15) is 9.18 Å². The third-order valence-electron chi connectivity index (χ3n) is 5.78. The second-order valence-corrected chi connectivity index (χ2v) is 7.79. The number of pyridine rings is 1. The molecule has 4 N–H and O–H groups in total. The van der Waals surface area contributed by atoms with Gasteiger partial charge in [-0.1, -0.05) is 13.0 Å². The summed E-state index contributed by atoms with van der Waals surface area (Å²) in [5.74, 6) is -0.140. The number of halogens is 1. The van der Waals surface area contributed by atoms with Gasteiger partial charge in [-0.25, -0.2) is 9.37 Å². The van der Waals surface area contributed by atoms with Gasteiger partial charge in [0.05, 0.1) is 23.3 Å². The molecule has 0 atom stereocenters. The molecule has 162 valence electrons. The van der Waals surface area contributed by atoms with E-state index in [2.05, 4.69) is 20.3 Å². The summed E-state index contributed by atoms with van der Waals surface area (Å²) in [4.78, 5) is 26.4. The van der Waals surface area contributed by atoms with Crippen LogP contribution in [0.1, 0.15) is 36.1 Å². The molecule has 0 saturated carbocycles. The molecule has 8 heteroatoms. The van der Waals surface area contributed by atoms with Crippen LogP contribution in [-0.2, 0) is 6.42 Å². The Kier molecular flexibility index (Phi) is 6.27. The summed E-state index contributed by atoms with van der Waals surface area (Å²) in [6, 6.07) is 8.55. The molecule has 2 aromatic heterocycles. The van der Waals surface area contributed by atoms with Gasteiger partial charge in [0.1, 0.15) is 5.82 Å². The lowest BCUT2D eigenvalue weighted by atomic mass is 9.96. The first-order valence-corrected chi connectivity index (χ1v) is 10.6. The van der Waals surface area contributed by atoms with Gasteiger partial charge >= 0.3 is 0 Å². The van der Waals surface area contributed by atoms with E-state index in [0.717, 1.165) is 36.2 Å². The number of hydrogen-bond donors (Lipinski definition) is 3. The number of anilines is 2. The van der Waals surface area contributed by atoms with Crippen LogP contribution in [0.5, 0.6) is 0 Å². The van der Waals surface area contributed by atoms with Crippen LogP contribution in [0.2, 0.25) is 0 Å². The summed E-state index contributed by atoms with van der Waals surface area (Å²) < 4.78 is 14.7. The Hall–Kier alpha value is -3.26. The van der Waals surface area contributed by atoms with Crippen LogP contribution in [0.25, 0.3) is 11.3 Å². The Bertz CT molecular complexity index is 1060. The topological polar surface area (TPSA) is 99.9 Å². The highest BCUT2D eigenvalue weighted by molar-refractivity contribution is 6.04. The Labute approximate surface area is 180 Å². The van der Waals surface area contributed by atoms with Gasteiger partial charge in [0.25, 0.3) is 5.91 Å². The molecule has 1 amide bonds. The van der Waals surface area contributed by atoms with Gasteiger partial charge in [-0.3, -0.25) is 9.78 Å². The highest BCUT2D eigenvalue weighted by Crippen LogP contribution is 2.32. The molecule has 0 aliphatic carbocycles. The van der Waals surface area contributed by atoms with E-state index < -0.39 is 5.91 Å². The maximum Gasteiger partial charge on any atom is 0.291 e. The third kappa shape index (κ3) is 4.59. The molecule has 3 aromatic rings. The summed E-state index contributed by atoms with van der Waals surface area (Å²) in [5.41, 5.74) is 9.22. The van der Waals surface area contributed by atoms with Gasteiger partial charge < -0.3 is 20.9 Å². The number of amides is 1. The largest absolute Gasteiger partial charge is 0.367 e. The lowest BCUT2D eigenvalue weighted by Gasteiger charge is -2.34. The molecule has 31 heavy (non-hydrogen) atoms. The van der Waals surface area contributed by atoms with Gasteiger partial charge in [0.15, 0.2) is 5.82 Å². The molecule has 0 bridgehead atoms. The molecule has 0 spiro atoms. The number of H-pyrrole nitrogens is 1. The van der Waals surface area contributed by atoms with Crippen LogP contribution >= 0.6 is 0 Å². The first kappa shape index (κ1) is 21.0. The number of piperidine rings is 1. The second kappa shape index (κ2) is 9.26. The van der Waals surface area contributed by atoms with Crippen molar-refractivity contribution in [3.63, 3.8) is 0 Å². The number of nitrogens with one attached hydrogen (secondary N) is 2. The number of nitrogens with zero attached hydrogens (tertiary/aromatic N) is 3. The van der Waals surface area contributed by atoms with Crippen molar-refractivity contribution in [2.45, 2.75) is 26.2 Å². The number of carbonyl (C=O) groups is 1. The SMILES string of the molecule is CCc1cc(-c2cnc(C(=O)Nc3cccc(F)c3N3CCC(CN)CC3)[nH]2)ccn1. The number of aromatic amines is 1. The minimum absolute atomic E-state index is 0.168. The summed E-state index contributed by atoms with van der Waals surface area (Å²) in [7, 11) is 0. The molecule has 3 heterocycles. The van der Waals surface area contributed by atoms with Crippen LogP contribution < -0.4 is 16.0 Å². The number of rotatable bonds is 6.